The first-order chi connectivity index (χ1) is 12.3. The first kappa shape index (κ1) is 20.0. The zero-order chi connectivity index (χ0) is 19.3. The third-order valence-electron chi connectivity index (χ3n) is 3.37. The number of carbonyl (C=O) groups excluding carboxylic acids is 2. The molecule has 2 amide bonds. The van der Waals surface area contributed by atoms with Crippen LogP contribution in [-0.4, -0.2) is 17.9 Å². The van der Waals surface area contributed by atoms with Crippen LogP contribution in [-0.2, 0) is 11.4 Å². The molecule has 2 aromatic carbocycles. The molecule has 0 bridgehead atoms. The Labute approximate surface area is 161 Å². The van der Waals surface area contributed by atoms with Gasteiger partial charge in [0.25, 0.3) is 11.8 Å². The van der Waals surface area contributed by atoms with Gasteiger partial charge in [-0.25, -0.2) is 13.2 Å². The van der Waals surface area contributed by atoms with Gasteiger partial charge in [0, 0.05) is 12.1 Å². The lowest BCUT2D eigenvalue weighted by molar-refractivity contribution is -0.120. The van der Waals surface area contributed by atoms with Crippen molar-refractivity contribution in [3.8, 4) is 5.75 Å². The predicted molar refractivity (Wildman–Crippen MR) is 96.2 cm³/mol. The Morgan fingerprint density at radius 2 is 1.81 bits per heavy atom. The van der Waals surface area contributed by atoms with Crippen LogP contribution >= 0.6 is 22.9 Å². The Bertz CT molecular complexity index is 810. The molecule has 0 spiro atoms. The molecule has 138 valence electrons. The van der Waals surface area contributed by atoms with Gasteiger partial charge >= 0.3 is 0 Å². The topological polar surface area (TPSA) is 67.4 Å². The lowest BCUT2D eigenvalue weighted by atomic mass is 10.1. The van der Waals surface area contributed by atoms with E-state index < -0.39 is 40.9 Å². The Morgan fingerprint density at radius 1 is 1.15 bits per heavy atom. The smallest absolute Gasteiger partial charge is 0.257 e. The first-order valence-electron chi connectivity index (χ1n) is 7.39. The highest BCUT2D eigenvalue weighted by Crippen LogP contribution is 2.22. The highest BCUT2D eigenvalue weighted by molar-refractivity contribution is 14.1. The van der Waals surface area contributed by atoms with Crippen LogP contribution in [0, 0.1) is 17.5 Å². The van der Waals surface area contributed by atoms with E-state index in [4.69, 9.17) is 4.74 Å². The minimum Gasteiger partial charge on any atom is -0.489 e. The predicted octanol–water partition coefficient (Wildman–Crippen LogP) is 3.27. The van der Waals surface area contributed by atoms with Crippen molar-refractivity contribution in [2.45, 2.75) is 19.6 Å². The number of hydrogen-bond acceptors (Lipinski definition) is 3. The third kappa shape index (κ3) is 5.10. The molecule has 0 saturated carbocycles. The van der Waals surface area contributed by atoms with E-state index in [1.54, 1.807) is 28.9 Å². The van der Waals surface area contributed by atoms with Crippen molar-refractivity contribution >= 4 is 34.7 Å². The van der Waals surface area contributed by atoms with Crippen molar-refractivity contribution in [2.75, 3.05) is 0 Å². The summed E-state index contributed by atoms with van der Waals surface area (Å²) in [7, 11) is 0. The Hall–Kier alpha value is -2.30. The molecule has 2 rings (SSSR count). The summed E-state index contributed by atoms with van der Waals surface area (Å²) >= 11 is 1.58. The highest BCUT2D eigenvalue weighted by Gasteiger charge is 2.23. The van der Waals surface area contributed by atoms with Gasteiger partial charge in [0.15, 0.2) is 0 Å². The number of nitrogens with one attached hydrogen (secondary N) is 2. The molecule has 0 aliphatic heterocycles. The molecular formula is C17H14F3IN2O3. The summed E-state index contributed by atoms with van der Waals surface area (Å²) in [5.74, 6) is -4.48. The lowest BCUT2D eigenvalue weighted by Gasteiger charge is -2.13. The van der Waals surface area contributed by atoms with Crippen LogP contribution < -0.4 is 13.6 Å². The minimum absolute atomic E-state index is 0.102. The molecule has 0 aliphatic carbocycles. The van der Waals surface area contributed by atoms with Gasteiger partial charge in [-0.1, -0.05) is 12.1 Å². The molecule has 0 aliphatic rings. The molecule has 0 heterocycles. The number of ether oxygens (including phenoxy) is 1. The summed E-state index contributed by atoms with van der Waals surface area (Å²) in [6, 6.07) is 6.29. The van der Waals surface area contributed by atoms with Crippen LogP contribution in [0.1, 0.15) is 22.8 Å². The van der Waals surface area contributed by atoms with Gasteiger partial charge in [-0.15, -0.1) is 0 Å². The van der Waals surface area contributed by atoms with Gasteiger partial charge in [0.1, 0.15) is 41.4 Å². The molecule has 2 aromatic rings. The SMILES string of the molecule is CC(NC(=O)c1c(F)cc(OCc2cccc(F)c2)cc1F)C(=O)NI. The van der Waals surface area contributed by atoms with Crippen molar-refractivity contribution < 1.29 is 27.5 Å². The van der Waals surface area contributed by atoms with E-state index >= 15 is 0 Å². The molecule has 0 radical (unpaired) electrons. The van der Waals surface area contributed by atoms with Crippen molar-refractivity contribution in [3.63, 3.8) is 0 Å². The maximum absolute atomic E-state index is 14.1. The minimum atomic E-state index is -1.14. The average Bonchev–Trinajstić information content (AvgIpc) is 2.58. The fraction of sp³-hybridized carbons (Fsp3) is 0.176. The highest BCUT2D eigenvalue weighted by atomic mass is 127. The van der Waals surface area contributed by atoms with Gasteiger partial charge in [-0.2, -0.15) is 0 Å². The molecule has 5 nitrogen and oxygen atoms in total. The Balaban J connectivity index is 2.12. The molecule has 26 heavy (non-hydrogen) atoms. The van der Waals surface area contributed by atoms with Crippen LogP contribution in [0.4, 0.5) is 13.2 Å². The fourth-order valence-corrected chi connectivity index (χ4v) is 2.53. The zero-order valence-electron chi connectivity index (χ0n) is 13.5. The number of rotatable bonds is 6. The van der Waals surface area contributed by atoms with E-state index in [1.807, 2.05) is 0 Å². The monoisotopic (exact) mass is 478 g/mol. The molecule has 1 unspecified atom stereocenters. The normalized spacial score (nSPS) is 11.6. The summed E-state index contributed by atoms with van der Waals surface area (Å²) in [6.45, 7) is 1.27. The molecule has 9 heteroatoms. The van der Waals surface area contributed by atoms with Crippen LogP contribution in [0.3, 0.4) is 0 Å². The van der Waals surface area contributed by atoms with Gasteiger partial charge < -0.3 is 10.1 Å². The van der Waals surface area contributed by atoms with Crippen molar-refractivity contribution in [1.82, 2.24) is 8.85 Å². The van der Waals surface area contributed by atoms with E-state index in [0.717, 1.165) is 12.1 Å². The van der Waals surface area contributed by atoms with Gasteiger partial charge in [-0.05, 0) is 24.6 Å². The average molecular weight is 478 g/mol. The van der Waals surface area contributed by atoms with E-state index in [0.29, 0.717) is 5.56 Å². The molecule has 0 fully saturated rings. The second-order valence-corrected chi connectivity index (χ2v) is 5.87. The van der Waals surface area contributed by atoms with Crippen molar-refractivity contribution in [3.05, 3.63) is 65.0 Å². The van der Waals surface area contributed by atoms with Crippen molar-refractivity contribution in [2.24, 2.45) is 0 Å². The summed E-state index contributed by atoms with van der Waals surface area (Å²) in [6.07, 6.45) is 0. The lowest BCUT2D eigenvalue weighted by Crippen LogP contribution is -2.42. The summed E-state index contributed by atoms with van der Waals surface area (Å²) < 4.78 is 48.9. The second-order valence-electron chi connectivity index (χ2n) is 5.33. The van der Waals surface area contributed by atoms with Gasteiger partial charge in [0.2, 0.25) is 0 Å². The van der Waals surface area contributed by atoms with E-state index in [1.165, 1.54) is 25.1 Å². The summed E-state index contributed by atoms with van der Waals surface area (Å²) in [4.78, 5) is 23.4. The number of amides is 2. The van der Waals surface area contributed by atoms with Gasteiger partial charge in [-0.3, -0.25) is 13.1 Å². The maximum atomic E-state index is 14.1. The van der Waals surface area contributed by atoms with Crippen LogP contribution in [0.25, 0.3) is 0 Å². The molecule has 0 saturated heterocycles. The standard InChI is InChI=1S/C17H14F3IN2O3/c1-9(16(24)23-21)22-17(25)15-13(19)6-12(7-14(15)20)26-8-10-3-2-4-11(18)5-10/h2-7,9H,8H2,1H3,(H,22,25)(H,23,24). The number of halogens is 4. The Morgan fingerprint density at radius 3 is 2.38 bits per heavy atom. The zero-order valence-corrected chi connectivity index (χ0v) is 15.6. The van der Waals surface area contributed by atoms with Crippen LogP contribution in [0.15, 0.2) is 36.4 Å². The van der Waals surface area contributed by atoms with Crippen LogP contribution in [0.5, 0.6) is 5.75 Å². The fourth-order valence-electron chi connectivity index (χ4n) is 2.06. The largest absolute Gasteiger partial charge is 0.489 e. The van der Waals surface area contributed by atoms with Crippen LogP contribution in [0.2, 0.25) is 0 Å². The quantitative estimate of drug-likeness (QED) is 0.495. The third-order valence-corrected chi connectivity index (χ3v) is 3.90. The maximum Gasteiger partial charge on any atom is 0.257 e. The molecular weight excluding hydrogens is 464 g/mol. The summed E-state index contributed by atoms with van der Waals surface area (Å²) in [5, 5.41) is 2.19. The van der Waals surface area contributed by atoms with E-state index in [2.05, 4.69) is 8.85 Å². The second kappa shape index (κ2) is 8.88. The number of benzene rings is 2. The summed E-state index contributed by atoms with van der Waals surface area (Å²) in [5.41, 5.74) is -0.345. The molecule has 2 N–H and O–H groups in total. The van der Waals surface area contributed by atoms with E-state index in [9.17, 15) is 22.8 Å². The molecule has 1 atom stereocenters. The van der Waals surface area contributed by atoms with E-state index in [-0.39, 0.29) is 12.4 Å². The number of carbonyl (C=O) groups is 2. The first-order valence-corrected chi connectivity index (χ1v) is 8.47. The van der Waals surface area contributed by atoms with Gasteiger partial charge in [0.05, 0.1) is 22.9 Å². The molecule has 0 aromatic heterocycles. The number of hydrogen-bond donors (Lipinski definition) is 2. The van der Waals surface area contributed by atoms with Crippen molar-refractivity contribution in [1.29, 1.82) is 0 Å². The Kier molecular flexibility index (Phi) is 6.83.